The van der Waals surface area contributed by atoms with Crippen molar-refractivity contribution in [3.8, 4) is 0 Å². The molecule has 0 aliphatic rings. The monoisotopic (exact) mass is 275 g/mol. The first kappa shape index (κ1) is 18.2. The lowest BCUT2D eigenvalue weighted by Gasteiger charge is -2.33. The normalized spacial score (nSPS) is 13.8. The minimum Gasteiger partial charge on any atom is -0.329 e. The third-order valence-electron chi connectivity index (χ3n) is 3.11. The summed E-state index contributed by atoms with van der Waals surface area (Å²) >= 11 is 1.93. The standard InChI is InChI=1S/C14H33N3S/c1-13(2)12-17(9-8-16(3)4)14(11-15)7-6-10-18-5/h13-14H,6-12,15H2,1-5H3. The molecule has 0 radical (unpaired) electrons. The molecule has 2 N–H and O–H groups in total. The molecule has 1 unspecified atom stereocenters. The van der Waals surface area contributed by atoms with Gasteiger partial charge >= 0.3 is 0 Å². The van der Waals surface area contributed by atoms with Crippen LogP contribution in [-0.2, 0) is 0 Å². The number of likely N-dealkylation sites (N-methyl/N-ethyl adjacent to an activating group) is 1. The summed E-state index contributed by atoms with van der Waals surface area (Å²) < 4.78 is 0. The van der Waals surface area contributed by atoms with Crippen molar-refractivity contribution in [2.75, 3.05) is 52.3 Å². The van der Waals surface area contributed by atoms with Crippen LogP contribution in [0.1, 0.15) is 26.7 Å². The summed E-state index contributed by atoms with van der Waals surface area (Å²) in [4.78, 5) is 4.84. The van der Waals surface area contributed by atoms with Gasteiger partial charge in [-0.3, -0.25) is 4.90 Å². The van der Waals surface area contributed by atoms with Crippen molar-refractivity contribution in [2.45, 2.75) is 32.7 Å². The van der Waals surface area contributed by atoms with Crippen molar-refractivity contribution in [1.82, 2.24) is 9.80 Å². The first-order chi connectivity index (χ1) is 8.51. The molecule has 0 spiro atoms. The van der Waals surface area contributed by atoms with Gasteiger partial charge in [0, 0.05) is 32.2 Å². The van der Waals surface area contributed by atoms with Crippen molar-refractivity contribution in [2.24, 2.45) is 11.7 Å². The van der Waals surface area contributed by atoms with Crippen molar-refractivity contribution in [3.05, 3.63) is 0 Å². The number of hydrogen-bond donors (Lipinski definition) is 1. The smallest absolute Gasteiger partial charge is 0.0219 e. The molecule has 0 rings (SSSR count). The van der Waals surface area contributed by atoms with Gasteiger partial charge in [0.2, 0.25) is 0 Å². The third-order valence-corrected chi connectivity index (χ3v) is 3.81. The molecule has 110 valence electrons. The van der Waals surface area contributed by atoms with Gasteiger partial charge in [0.25, 0.3) is 0 Å². The second kappa shape index (κ2) is 11.1. The molecule has 0 aromatic heterocycles. The molecule has 0 aliphatic heterocycles. The zero-order valence-electron chi connectivity index (χ0n) is 13.0. The number of rotatable bonds is 11. The van der Waals surface area contributed by atoms with Gasteiger partial charge in [0.05, 0.1) is 0 Å². The van der Waals surface area contributed by atoms with Gasteiger partial charge in [-0.1, -0.05) is 13.8 Å². The molecule has 0 aromatic rings. The fourth-order valence-electron chi connectivity index (χ4n) is 2.13. The van der Waals surface area contributed by atoms with E-state index in [0.29, 0.717) is 12.0 Å². The molecule has 1 atom stereocenters. The van der Waals surface area contributed by atoms with Crippen LogP contribution in [0.3, 0.4) is 0 Å². The van der Waals surface area contributed by atoms with Crippen LogP contribution in [-0.4, -0.2) is 68.1 Å². The molecule has 0 heterocycles. The predicted molar refractivity (Wildman–Crippen MR) is 85.4 cm³/mol. The average molecular weight is 276 g/mol. The highest BCUT2D eigenvalue weighted by atomic mass is 32.2. The second-order valence-electron chi connectivity index (χ2n) is 5.72. The summed E-state index contributed by atoms with van der Waals surface area (Å²) in [6, 6.07) is 0.555. The maximum atomic E-state index is 5.98. The van der Waals surface area contributed by atoms with Gasteiger partial charge in [-0.15, -0.1) is 0 Å². The highest BCUT2D eigenvalue weighted by Gasteiger charge is 2.17. The molecule has 0 amide bonds. The van der Waals surface area contributed by atoms with Crippen molar-refractivity contribution in [3.63, 3.8) is 0 Å². The molecule has 0 saturated heterocycles. The highest BCUT2D eigenvalue weighted by Crippen LogP contribution is 2.11. The molecular formula is C14H33N3S. The van der Waals surface area contributed by atoms with E-state index in [0.717, 1.165) is 26.2 Å². The number of nitrogens with two attached hydrogens (primary N) is 1. The SMILES string of the molecule is CSCCCC(CN)N(CCN(C)C)CC(C)C. The van der Waals surface area contributed by atoms with E-state index in [9.17, 15) is 0 Å². The van der Waals surface area contributed by atoms with Crippen molar-refractivity contribution < 1.29 is 0 Å². The molecule has 18 heavy (non-hydrogen) atoms. The summed E-state index contributed by atoms with van der Waals surface area (Å²) in [6.07, 6.45) is 4.69. The van der Waals surface area contributed by atoms with Gasteiger partial charge < -0.3 is 10.6 Å². The van der Waals surface area contributed by atoms with E-state index in [1.807, 2.05) is 11.8 Å². The maximum Gasteiger partial charge on any atom is 0.0219 e. The Morgan fingerprint density at radius 3 is 2.28 bits per heavy atom. The van der Waals surface area contributed by atoms with Gasteiger partial charge in [-0.05, 0) is 44.9 Å². The van der Waals surface area contributed by atoms with Crippen molar-refractivity contribution in [1.29, 1.82) is 0 Å². The Bertz CT molecular complexity index is 186. The summed E-state index contributed by atoms with van der Waals surface area (Å²) in [5.41, 5.74) is 5.98. The Hall–Kier alpha value is 0.230. The van der Waals surface area contributed by atoms with Crippen LogP contribution < -0.4 is 5.73 Å². The van der Waals surface area contributed by atoms with Crippen LogP contribution in [0.25, 0.3) is 0 Å². The van der Waals surface area contributed by atoms with E-state index in [4.69, 9.17) is 5.73 Å². The van der Waals surface area contributed by atoms with E-state index in [-0.39, 0.29) is 0 Å². The van der Waals surface area contributed by atoms with Crippen LogP contribution in [0.15, 0.2) is 0 Å². The summed E-state index contributed by atoms with van der Waals surface area (Å²) in [7, 11) is 4.28. The van der Waals surface area contributed by atoms with Crippen molar-refractivity contribution >= 4 is 11.8 Å². The van der Waals surface area contributed by atoms with Gasteiger partial charge in [0.15, 0.2) is 0 Å². The average Bonchev–Trinajstić information content (AvgIpc) is 2.30. The van der Waals surface area contributed by atoms with Crippen LogP contribution in [0.5, 0.6) is 0 Å². The minimum absolute atomic E-state index is 0.555. The Labute approximate surface area is 118 Å². The number of hydrogen-bond acceptors (Lipinski definition) is 4. The number of nitrogens with zero attached hydrogens (tertiary/aromatic N) is 2. The van der Waals surface area contributed by atoms with Crippen LogP contribution in [0, 0.1) is 5.92 Å². The fraction of sp³-hybridized carbons (Fsp3) is 1.00. The minimum atomic E-state index is 0.555. The Morgan fingerprint density at radius 1 is 1.17 bits per heavy atom. The summed E-state index contributed by atoms with van der Waals surface area (Å²) in [5, 5.41) is 0. The molecule has 0 saturated carbocycles. The Balaban J connectivity index is 4.27. The second-order valence-corrected chi connectivity index (χ2v) is 6.70. The Kier molecular flexibility index (Phi) is 11.2. The molecule has 0 fully saturated rings. The Morgan fingerprint density at radius 2 is 1.83 bits per heavy atom. The van der Waals surface area contributed by atoms with E-state index in [1.165, 1.54) is 18.6 Å². The first-order valence-corrected chi connectivity index (χ1v) is 8.48. The van der Waals surface area contributed by atoms with Crippen LogP contribution >= 0.6 is 11.8 Å². The third kappa shape index (κ3) is 9.20. The quantitative estimate of drug-likeness (QED) is 0.585. The maximum absolute atomic E-state index is 5.98. The van der Waals surface area contributed by atoms with E-state index in [2.05, 4.69) is 44.0 Å². The number of thioether (sulfide) groups is 1. The molecule has 0 aliphatic carbocycles. The fourth-order valence-corrected chi connectivity index (χ4v) is 2.59. The lowest BCUT2D eigenvalue weighted by Crippen LogP contribution is -2.45. The van der Waals surface area contributed by atoms with Crippen LogP contribution in [0.2, 0.25) is 0 Å². The topological polar surface area (TPSA) is 32.5 Å². The van der Waals surface area contributed by atoms with E-state index >= 15 is 0 Å². The lowest BCUT2D eigenvalue weighted by molar-refractivity contribution is 0.156. The zero-order chi connectivity index (χ0) is 14.0. The zero-order valence-corrected chi connectivity index (χ0v) is 13.8. The molecule has 4 heteroatoms. The summed E-state index contributed by atoms with van der Waals surface area (Å²) in [6.45, 7) is 8.78. The molecule has 0 bridgehead atoms. The van der Waals surface area contributed by atoms with E-state index < -0.39 is 0 Å². The predicted octanol–water partition coefficient (Wildman–Crippen LogP) is 1.98. The molecular weight excluding hydrogens is 242 g/mol. The highest BCUT2D eigenvalue weighted by molar-refractivity contribution is 7.98. The first-order valence-electron chi connectivity index (χ1n) is 7.09. The van der Waals surface area contributed by atoms with E-state index in [1.54, 1.807) is 0 Å². The van der Waals surface area contributed by atoms with Crippen LogP contribution in [0.4, 0.5) is 0 Å². The largest absolute Gasteiger partial charge is 0.329 e. The van der Waals surface area contributed by atoms with Gasteiger partial charge in [-0.2, -0.15) is 11.8 Å². The van der Waals surface area contributed by atoms with Gasteiger partial charge in [0.1, 0.15) is 0 Å². The molecule has 0 aromatic carbocycles. The summed E-state index contributed by atoms with van der Waals surface area (Å²) in [5.74, 6) is 1.96. The molecule has 3 nitrogen and oxygen atoms in total. The van der Waals surface area contributed by atoms with Gasteiger partial charge in [-0.25, -0.2) is 0 Å². The lowest BCUT2D eigenvalue weighted by atomic mass is 10.1.